The Morgan fingerprint density at radius 3 is 2.42 bits per heavy atom. The van der Waals surface area contributed by atoms with Crippen molar-refractivity contribution >= 4 is 28.6 Å². The Bertz CT molecular complexity index is 1100. The van der Waals surface area contributed by atoms with Gasteiger partial charge in [-0.2, -0.15) is 5.10 Å². The Morgan fingerprint density at radius 1 is 1.06 bits per heavy atom. The first-order chi connectivity index (χ1) is 14.7. The van der Waals surface area contributed by atoms with Gasteiger partial charge in [-0.15, -0.1) is 0 Å². The van der Waals surface area contributed by atoms with Gasteiger partial charge in [-0.25, -0.2) is 14.5 Å². The van der Waals surface area contributed by atoms with Gasteiger partial charge in [0.05, 0.1) is 17.1 Å². The summed E-state index contributed by atoms with van der Waals surface area (Å²) in [7, 11) is 0. The van der Waals surface area contributed by atoms with E-state index in [1.807, 2.05) is 52.0 Å². The number of hydrogen-bond acceptors (Lipinski definition) is 5. The number of aromatic nitrogens is 3. The third-order valence-electron chi connectivity index (χ3n) is 5.08. The summed E-state index contributed by atoms with van der Waals surface area (Å²) in [4.78, 5) is 30.0. The van der Waals surface area contributed by atoms with E-state index in [-0.39, 0.29) is 30.4 Å². The van der Waals surface area contributed by atoms with E-state index in [1.54, 1.807) is 16.9 Å². The van der Waals surface area contributed by atoms with Crippen LogP contribution in [0, 0.1) is 0 Å². The molecule has 0 radical (unpaired) electrons. The molecule has 7 nitrogen and oxygen atoms in total. The van der Waals surface area contributed by atoms with E-state index in [1.165, 1.54) is 0 Å². The predicted octanol–water partition coefficient (Wildman–Crippen LogP) is 5.05. The van der Waals surface area contributed by atoms with Crippen molar-refractivity contribution in [2.24, 2.45) is 0 Å². The second kappa shape index (κ2) is 9.29. The minimum atomic E-state index is -0.565. The van der Waals surface area contributed by atoms with Crippen molar-refractivity contribution in [2.75, 3.05) is 11.9 Å². The molecule has 0 unspecified atom stereocenters. The smallest absolute Gasteiger partial charge is 0.339 e. The topological polar surface area (TPSA) is 86.1 Å². The third-order valence-corrected chi connectivity index (χ3v) is 5.08. The van der Waals surface area contributed by atoms with Crippen LogP contribution >= 0.6 is 0 Å². The Morgan fingerprint density at radius 2 is 1.77 bits per heavy atom. The molecule has 1 amide bonds. The predicted molar refractivity (Wildman–Crippen MR) is 121 cm³/mol. The van der Waals surface area contributed by atoms with Crippen LogP contribution in [0.4, 0.5) is 5.69 Å². The third kappa shape index (κ3) is 4.93. The van der Waals surface area contributed by atoms with Crippen LogP contribution < -0.4 is 5.32 Å². The number of nitrogens with zero attached hydrogens (tertiary/aromatic N) is 3. The van der Waals surface area contributed by atoms with Crippen molar-refractivity contribution in [1.82, 2.24) is 14.8 Å². The lowest BCUT2D eigenvalue weighted by Crippen LogP contribution is -2.22. The summed E-state index contributed by atoms with van der Waals surface area (Å²) in [5.74, 6) is -0.558. The molecule has 31 heavy (non-hydrogen) atoms. The summed E-state index contributed by atoms with van der Waals surface area (Å²) in [6, 6.07) is 9.44. The summed E-state index contributed by atoms with van der Waals surface area (Å²) in [6.07, 6.45) is 1.63. The van der Waals surface area contributed by atoms with Crippen molar-refractivity contribution < 1.29 is 14.3 Å². The fraction of sp³-hybridized carbons (Fsp3) is 0.417. The average Bonchev–Trinajstić information content (AvgIpc) is 3.15. The standard InChI is InChI=1S/C24H30N4O3/c1-14(2)17-9-7-8-10-20(17)26-22(29)13-31-24(30)18-11-21(15(3)4)27-23-19(18)12-25-28(23)16(5)6/h7-12,14-16H,13H2,1-6H3,(H,26,29). The number of esters is 1. The molecule has 0 aliphatic carbocycles. The first kappa shape index (κ1) is 22.5. The van der Waals surface area contributed by atoms with Gasteiger partial charge in [-0.1, -0.05) is 45.9 Å². The lowest BCUT2D eigenvalue weighted by atomic mass is 10.0. The first-order valence-electron chi connectivity index (χ1n) is 10.6. The molecular weight excluding hydrogens is 392 g/mol. The molecule has 0 bridgehead atoms. The highest BCUT2D eigenvalue weighted by molar-refractivity contribution is 6.04. The number of pyridine rings is 1. The van der Waals surface area contributed by atoms with Gasteiger partial charge in [0.1, 0.15) is 0 Å². The summed E-state index contributed by atoms with van der Waals surface area (Å²) >= 11 is 0. The molecule has 0 aliphatic rings. The molecule has 2 heterocycles. The fourth-order valence-electron chi connectivity index (χ4n) is 3.39. The summed E-state index contributed by atoms with van der Waals surface area (Å²) in [6.45, 7) is 11.8. The van der Waals surface area contributed by atoms with E-state index in [4.69, 9.17) is 4.74 Å². The van der Waals surface area contributed by atoms with Crippen molar-refractivity contribution in [1.29, 1.82) is 0 Å². The van der Waals surface area contributed by atoms with Gasteiger partial charge in [-0.05, 0) is 43.4 Å². The fourth-order valence-corrected chi connectivity index (χ4v) is 3.39. The molecule has 0 atom stereocenters. The quantitative estimate of drug-likeness (QED) is 0.538. The van der Waals surface area contributed by atoms with Crippen LogP contribution in [0.3, 0.4) is 0 Å². The van der Waals surface area contributed by atoms with E-state index in [2.05, 4.69) is 29.2 Å². The van der Waals surface area contributed by atoms with Gasteiger partial charge >= 0.3 is 5.97 Å². The number of carbonyl (C=O) groups excluding carboxylic acids is 2. The van der Waals surface area contributed by atoms with E-state index in [0.29, 0.717) is 16.6 Å². The van der Waals surface area contributed by atoms with Crippen LogP contribution in [0.2, 0.25) is 0 Å². The number of nitrogens with one attached hydrogen (secondary N) is 1. The van der Waals surface area contributed by atoms with Crippen molar-refractivity contribution in [3.05, 3.63) is 53.3 Å². The molecule has 0 saturated carbocycles. The number of anilines is 1. The molecule has 7 heteroatoms. The van der Waals surface area contributed by atoms with Crippen molar-refractivity contribution in [2.45, 2.75) is 59.4 Å². The van der Waals surface area contributed by atoms with Crippen LogP contribution in [-0.4, -0.2) is 33.2 Å². The maximum Gasteiger partial charge on any atom is 0.339 e. The normalized spacial score (nSPS) is 11.5. The number of carbonyl (C=O) groups is 2. The molecule has 1 aromatic carbocycles. The van der Waals surface area contributed by atoms with Gasteiger partial charge in [0.25, 0.3) is 5.91 Å². The number of amides is 1. The number of rotatable bonds is 7. The van der Waals surface area contributed by atoms with E-state index in [0.717, 1.165) is 16.9 Å². The van der Waals surface area contributed by atoms with Gasteiger partial charge < -0.3 is 10.1 Å². The second-order valence-electron chi connectivity index (χ2n) is 8.54. The molecule has 3 aromatic rings. The Labute approximate surface area is 182 Å². The lowest BCUT2D eigenvalue weighted by molar-refractivity contribution is -0.119. The zero-order valence-electron chi connectivity index (χ0n) is 19.0. The zero-order chi connectivity index (χ0) is 22.7. The van der Waals surface area contributed by atoms with Gasteiger partial charge in [0, 0.05) is 17.4 Å². The minimum absolute atomic E-state index is 0.100. The van der Waals surface area contributed by atoms with Crippen LogP contribution in [0.5, 0.6) is 0 Å². The van der Waals surface area contributed by atoms with Crippen LogP contribution in [0.1, 0.15) is 81.0 Å². The Hall–Kier alpha value is -3.22. The van der Waals surface area contributed by atoms with Crippen LogP contribution in [0.25, 0.3) is 11.0 Å². The van der Waals surface area contributed by atoms with Gasteiger partial charge in [-0.3, -0.25) is 4.79 Å². The largest absolute Gasteiger partial charge is 0.452 e. The summed E-state index contributed by atoms with van der Waals surface area (Å²) < 4.78 is 7.14. The minimum Gasteiger partial charge on any atom is -0.452 e. The van der Waals surface area contributed by atoms with Crippen molar-refractivity contribution in [3.8, 4) is 0 Å². The highest BCUT2D eigenvalue weighted by Gasteiger charge is 2.21. The van der Waals surface area contributed by atoms with E-state index < -0.39 is 5.97 Å². The highest BCUT2D eigenvalue weighted by atomic mass is 16.5. The Balaban J connectivity index is 1.80. The maximum atomic E-state index is 12.9. The molecular formula is C24H30N4O3. The molecule has 0 fully saturated rings. The second-order valence-corrected chi connectivity index (χ2v) is 8.54. The number of hydrogen-bond donors (Lipinski definition) is 1. The lowest BCUT2D eigenvalue weighted by Gasteiger charge is -2.14. The zero-order valence-corrected chi connectivity index (χ0v) is 19.0. The van der Waals surface area contributed by atoms with E-state index in [9.17, 15) is 9.59 Å². The molecule has 164 valence electrons. The number of para-hydroxylation sites is 1. The van der Waals surface area contributed by atoms with Gasteiger partial charge in [0.2, 0.25) is 0 Å². The highest BCUT2D eigenvalue weighted by Crippen LogP contribution is 2.26. The number of benzene rings is 1. The average molecular weight is 423 g/mol. The molecule has 1 N–H and O–H groups in total. The molecule has 2 aromatic heterocycles. The monoisotopic (exact) mass is 422 g/mol. The van der Waals surface area contributed by atoms with E-state index >= 15 is 0 Å². The summed E-state index contributed by atoms with van der Waals surface area (Å²) in [5.41, 5.74) is 3.54. The molecule has 0 saturated heterocycles. The summed E-state index contributed by atoms with van der Waals surface area (Å²) in [5, 5.41) is 7.84. The molecule has 3 rings (SSSR count). The van der Waals surface area contributed by atoms with Crippen LogP contribution in [0.15, 0.2) is 36.5 Å². The Kier molecular flexibility index (Phi) is 6.73. The maximum absolute atomic E-state index is 12.9. The van der Waals surface area contributed by atoms with Crippen LogP contribution in [-0.2, 0) is 9.53 Å². The molecule has 0 aliphatic heterocycles. The number of fused-ring (bicyclic) bond motifs is 1. The number of ether oxygens (including phenoxy) is 1. The molecule has 0 spiro atoms. The SMILES string of the molecule is CC(C)c1cc(C(=O)OCC(=O)Nc2ccccc2C(C)C)c2cnn(C(C)C)c2n1. The van der Waals surface area contributed by atoms with Crippen molar-refractivity contribution in [3.63, 3.8) is 0 Å². The first-order valence-corrected chi connectivity index (χ1v) is 10.6. The van der Waals surface area contributed by atoms with Gasteiger partial charge in [0.15, 0.2) is 12.3 Å².